The van der Waals surface area contributed by atoms with E-state index in [1.54, 1.807) is 7.11 Å². The Morgan fingerprint density at radius 3 is 2.46 bits per heavy atom. The zero-order valence-corrected chi connectivity index (χ0v) is 24.3. The van der Waals surface area contributed by atoms with E-state index >= 15 is 0 Å². The van der Waals surface area contributed by atoms with E-state index in [0.29, 0.717) is 17.6 Å². The Morgan fingerprint density at radius 1 is 1.05 bits per heavy atom. The molecule has 0 N–H and O–H groups in total. The first-order chi connectivity index (χ1) is 19.0. The molecular formula is C36H45NO2. The summed E-state index contributed by atoms with van der Waals surface area (Å²) in [5.74, 6) is 2.77. The first-order valence-corrected chi connectivity index (χ1v) is 14.2. The summed E-state index contributed by atoms with van der Waals surface area (Å²) < 4.78 is 11.7. The van der Waals surface area contributed by atoms with Gasteiger partial charge in [-0.05, 0) is 97.1 Å². The van der Waals surface area contributed by atoms with Crippen molar-refractivity contribution in [3.05, 3.63) is 95.3 Å². The number of piperidine rings is 1. The number of terminal acetylenes is 1. The van der Waals surface area contributed by atoms with Crippen molar-refractivity contribution in [1.29, 1.82) is 0 Å². The Hall–Kier alpha value is -3.48. The summed E-state index contributed by atoms with van der Waals surface area (Å²) in [5.41, 5.74) is 5.00. The first kappa shape index (κ1) is 30.1. The lowest BCUT2D eigenvalue weighted by Crippen LogP contribution is -2.34. The smallest absolute Gasteiger partial charge is 0.126 e. The summed E-state index contributed by atoms with van der Waals surface area (Å²) >= 11 is 0. The van der Waals surface area contributed by atoms with Crippen LogP contribution in [0.1, 0.15) is 75.0 Å². The van der Waals surface area contributed by atoms with Crippen LogP contribution in [0.25, 0.3) is 16.8 Å². The minimum atomic E-state index is 0.460. The predicted molar refractivity (Wildman–Crippen MR) is 167 cm³/mol. The Morgan fingerprint density at radius 2 is 1.77 bits per heavy atom. The van der Waals surface area contributed by atoms with E-state index in [1.165, 1.54) is 34.7 Å². The first-order valence-electron chi connectivity index (χ1n) is 14.2. The molecule has 0 spiro atoms. The summed E-state index contributed by atoms with van der Waals surface area (Å²) in [6.07, 6.45) is 14.7. The number of methoxy groups -OCH3 is 1. The number of rotatable bonds is 11. The van der Waals surface area contributed by atoms with Gasteiger partial charge in [-0.1, -0.05) is 75.0 Å². The van der Waals surface area contributed by atoms with Gasteiger partial charge in [0.15, 0.2) is 0 Å². The second-order valence-electron chi connectivity index (χ2n) is 10.4. The molecule has 206 valence electrons. The van der Waals surface area contributed by atoms with Crippen molar-refractivity contribution in [2.24, 2.45) is 0 Å². The third-order valence-corrected chi connectivity index (χ3v) is 8.00. The van der Waals surface area contributed by atoms with Gasteiger partial charge in [0.1, 0.15) is 11.5 Å². The van der Waals surface area contributed by atoms with Crippen LogP contribution in [-0.2, 0) is 4.74 Å². The third-order valence-electron chi connectivity index (χ3n) is 8.00. The van der Waals surface area contributed by atoms with Crippen LogP contribution in [0.5, 0.6) is 5.75 Å². The molecule has 39 heavy (non-hydrogen) atoms. The summed E-state index contributed by atoms with van der Waals surface area (Å²) in [7, 11) is 1.67. The van der Waals surface area contributed by atoms with Crippen molar-refractivity contribution in [2.75, 3.05) is 33.4 Å². The number of ether oxygens (including phenoxy) is 2. The van der Waals surface area contributed by atoms with Crippen LogP contribution in [0.3, 0.4) is 0 Å². The van der Waals surface area contributed by atoms with Crippen LogP contribution in [0, 0.1) is 12.8 Å². The summed E-state index contributed by atoms with van der Waals surface area (Å²) in [4.78, 5) is 2.60. The number of likely N-dealkylation sites (tertiary alicyclic amines) is 1. The highest BCUT2D eigenvalue weighted by molar-refractivity contribution is 5.83. The van der Waals surface area contributed by atoms with Gasteiger partial charge < -0.3 is 14.4 Å². The molecule has 1 atom stereocenters. The van der Waals surface area contributed by atoms with Crippen molar-refractivity contribution in [1.82, 2.24) is 4.90 Å². The van der Waals surface area contributed by atoms with Crippen molar-refractivity contribution >= 4 is 16.8 Å². The third kappa shape index (κ3) is 8.01. The number of nitrogens with zero attached hydrogens (tertiary/aromatic N) is 1. The van der Waals surface area contributed by atoms with Gasteiger partial charge in [0.25, 0.3) is 0 Å². The molecule has 1 fully saturated rings. The monoisotopic (exact) mass is 523 g/mol. The molecule has 0 amide bonds. The fourth-order valence-electron chi connectivity index (χ4n) is 5.37. The van der Waals surface area contributed by atoms with E-state index in [4.69, 9.17) is 9.47 Å². The molecule has 1 heterocycles. The molecule has 3 aromatic carbocycles. The zero-order valence-electron chi connectivity index (χ0n) is 24.3. The second kappa shape index (κ2) is 15.2. The van der Waals surface area contributed by atoms with Gasteiger partial charge in [0.2, 0.25) is 0 Å². The second-order valence-corrected chi connectivity index (χ2v) is 10.4. The Labute approximate surface area is 236 Å². The molecule has 3 aromatic rings. The maximum Gasteiger partial charge on any atom is 0.126 e. The molecule has 3 nitrogen and oxygen atoms in total. The summed E-state index contributed by atoms with van der Waals surface area (Å²) in [6.45, 7) is 14.7. The highest BCUT2D eigenvalue weighted by Gasteiger charge is 2.21. The SMILES string of the molecule is C#C.C=C(OC)/C(C)=C/c1c(OCCCN2CCC(c3ccc4ccccc4c3)CC2)cccc1C(C)CC. The maximum atomic E-state index is 6.37. The molecule has 4 rings (SSSR count). The molecule has 0 bridgehead atoms. The highest BCUT2D eigenvalue weighted by Crippen LogP contribution is 2.33. The molecular weight excluding hydrogens is 478 g/mol. The lowest BCUT2D eigenvalue weighted by Gasteiger charge is -2.32. The zero-order chi connectivity index (χ0) is 28.2. The van der Waals surface area contributed by atoms with Gasteiger partial charge in [-0.3, -0.25) is 0 Å². The quantitative estimate of drug-likeness (QED) is 0.108. The molecule has 0 aromatic heterocycles. The molecule has 0 aliphatic carbocycles. The molecule has 3 heteroatoms. The molecule has 1 aliphatic rings. The van der Waals surface area contributed by atoms with Crippen LogP contribution in [0.15, 0.2) is 78.6 Å². The van der Waals surface area contributed by atoms with Crippen molar-refractivity contribution < 1.29 is 9.47 Å². The van der Waals surface area contributed by atoms with Gasteiger partial charge in [-0.2, -0.15) is 0 Å². The average Bonchev–Trinajstić information content (AvgIpc) is 3.00. The molecule has 0 radical (unpaired) electrons. The number of hydrogen-bond donors (Lipinski definition) is 0. The van der Waals surface area contributed by atoms with E-state index < -0.39 is 0 Å². The van der Waals surface area contributed by atoms with Crippen molar-refractivity contribution in [2.45, 2.75) is 58.3 Å². The van der Waals surface area contributed by atoms with Gasteiger partial charge in [-0.25, -0.2) is 0 Å². The van der Waals surface area contributed by atoms with E-state index in [9.17, 15) is 0 Å². The van der Waals surface area contributed by atoms with E-state index in [-0.39, 0.29) is 0 Å². The van der Waals surface area contributed by atoms with Crippen LogP contribution in [0.4, 0.5) is 0 Å². The number of allylic oxidation sites excluding steroid dienone is 1. The molecule has 1 aliphatic heterocycles. The van der Waals surface area contributed by atoms with E-state index in [0.717, 1.165) is 56.0 Å². The van der Waals surface area contributed by atoms with Crippen molar-refractivity contribution in [3.63, 3.8) is 0 Å². The lowest BCUT2D eigenvalue weighted by atomic mass is 9.88. The Kier molecular flexibility index (Phi) is 11.7. The Bertz CT molecular complexity index is 1260. The molecule has 1 saturated heterocycles. The fourth-order valence-corrected chi connectivity index (χ4v) is 5.37. The van der Waals surface area contributed by atoms with Crippen molar-refractivity contribution in [3.8, 4) is 18.6 Å². The average molecular weight is 524 g/mol. The maximum absolute atomic E-state index is 6.37. The number of fused-ring (bicyclic) bond motifs is 1. The topological polar surface area (TPSA) is 21.7 Å². The summed E-state index contributed by atoms with van der Waals surface area (Å²) in [5, 5.41) is 2.68. The molecule has 1 unspecified atom stereocenters. The van der Waals surface area contributed by atoms with Crippen LogP contribution < -0.4 is 4.74 Å². The standard InChI is InChI=1S/C34H43NO2.C2H2/c1-6-25(2)32-13-9-14-34(33(32)23-26(3)27(4)36-5)37-22-10-19-35-20-17-29(18-21-35)31-16-15-28-11-7-8-12-30(28)24-31;1-2/h7-9,11-16,23-25,29H,4,6,10,17-22H2,1-3,5H3;1-2H/b26-23+;. The van der Waals surface area contributed by atoms with Gasteiger partial charge >= 0.3 is 0 Å². The van der Waals surface area contributed by atoms with Gasteiger partial charge in [0, 0.05) is 12.1 Å². The minimum Gasteiger partial charge on any atom is -0.497 e. The van der Waals surface area contributed by atoms with Gasteiger partial charge in [0.05, 0.1) is 13.7 Å². The van der Waals surface area contributed by atoms with Gasteiger partial charge in [-0.15, -0.1) is 12.8 Å². The van der Waals surface area contributed by atoms with Crippen LogP contribution >= 0.6 is 0 Å². The number of benzene rings is 3. The Balaban J connectivity index is 0.00000205. The largest absolute Gasteiger partial charge is 0.497 e. The highest BCUT2D eigenvalue weighted by atomic mass is 16.5. The predicted octanol–water partition coefficient (Wildman–Crippen LogP) is 8.81. The number of hydrogen-bond acceptors (Lipinski definition) is 3. The van der Waals surface area contributed by atoms with E-state index in [1.807, 2.05) is 6.92 Å². The summed E-state index contributed by atoms with van der Waals surface area (Å²) in [6, 6.07) is 22.1. The normalized spacial score (nSPS) is 15.3. The van der Waals surface area contributed by atoms with Crippen LogP contribution in [0.2, 0.25) is 0 Å². The molecule has 0 saturated carbocycles. The lowest BCUT2D eigenvalue weighted by molar-refractivity contribution is 0.193. The fraction of sp³-hybridized carbons (Fsp3) is 0.389. The van der Waals surface area contributed by atoms with Crippen LogP contribution in [-0.4, -0.2) is 38.3 Å². The van der Waals surface area contributed by atoms with E-state index in [2.05, 4.69) is 105 Å². The minimum absolute atomic E-state index is 0.460.